The summed E-state index contributed by atoms with van der Waals surface area (Å²) in [6, 6.07) is 15.9. The lowest BCUT2D eigenvalue weighted by atomic mass is 10.1. The molecular formula is C21H20FN3O. The lowest BCUT2D eigenvalue weighted by molar-refractivity contribution is 0.0938. The van der Waals surface area contributed by atoms with Gasteiger partial charge in [0.1, 0.15) is 11.5 Å². The zero-order chi connectivity index (χ0) is 17.9. The average Bonchev–Trinajstić information content (AvgIpc) is 3.33. The maximum Gasteiger partial charge on any atom is 0.255 e. The molecule has 1 aromatic heterocycles. The average molecular weight is 349 g/mol. The molecule has 0 atom stereocenters. The molecule has 1 fully saturated rings. The van der Waals surface area contributed by atoms with Crippen molar-refractivity contribution >= 4 is 5.91 Å². The summed E-state index contributed by atoms with van der Waals surface area (Å²) in [5.41, 5.74) is 2.66. The molecule has 5 heteroatoms. The van der Waals surface area contributed by atoms with Gasteiger partial charge >= 0.3 is 0 Å². The predicted molar refractivity (Wildman–Crippen MR) is 98.7 cm³/mol. The number of nitrogens with zero attached hydrogens (tertiary/aromatic N) is 2. The van der Waals surface area contributed by atoms with Gasteiger partial charge in [0, 0.05) is 17.8 Å². The predicted octanol–water partition coefficient (Wildman–Crippen LogP) is 4.35. The topological polar surface area (TPSA) is 46.9 Å². The first-order chi connectivity index (χ1) is 12.7. The van der Waals surface area contributed by atoms with E-state index in [0.717, 1.165) is 36.9 Å². The first-order valence-corrected chi connectivity index (χ1v) is 8.92. The Kier molecular flexibility index (Phi) is 4.52. The van der Waals surface area contributed by atoms with Gasteiger partial charge in [-0.3, -0.25) is 4.79 Å². The molecule has 1 N–H and O–H groups in total. The second-order valence-corrected chi connectivity index (χ2v) is 6.63. The number of benzene rings is 2. The number of carbonyl (C=O) groups is 1. The number of amides is 1. The van der Waals surface area contributed by atoms with Crippen molar-refractivity contribution in [3.05, 3.63) is 72.2 Å². The van der Waals surface area contributed by atoms with E-state index in [4.69, 9.17) is 0 Å². The van der Waals surface area contributed by atoms with Crippen LogP contribution < -0.4 is 5.32 Å². The minimum atomic E-state index is -0.312. The smallest absolute Gasteiger partial charge is 0.255 e. The minimum absolute atomic E-state index is 0.126. The number of hydrogen-bond acceptors (Lipinski definition) is 2. The molecule has 1 heterocycles. The van der Waals surface area contributed by atoms with Gasteiger partial charge in [-0.25, -0.2) is 9.07 Å². The molecule has 0 saturated heterocycles. The van der Waals surface area contributed by atoms with Crippen molar-refractivity contribution in [2.24, 2.45) is 0 Å². The van der Waals surface area contributed by atoms with Crippen molar-refractivity contribution in [1.82, 2.24) is 15.1 Å². The zero-order valence-electron chi connectivity index (χ0n) is 14.4. The summed E-state index contributed by atoms with van der Waals surface area (Å²) in [6.07, 6.45) is 6.09. The Morgan fingerprint density at radius 3 is 2.42 bits per heavy atom. The molecule has 3 aromatic rings. The van der Waals surface area contributed by atoms with Crippen LogP contribution in [0.15, 0.2) is 60.8 Å². The minimum Gasteiger partial charge on any atom is -0.349 e. The summed E-state index contributed by atoms with van der Waals surface area (Å²) in [4.78, 5) is 12.9. The van der Waals surface area contributed by atoms with E-state index in [1.165, 1.54) is 12.1 Å². The Bertz CT molecular complexity index is 897. The lowest BCUT2D eigenvalue weighted by Crippen LogP contribution is -2.32. The van der Waals surface area contributed by atoms with Crippen LogP contribution in [0.3, 0.4) is 0 Å². The number of halogens is 1. The van der Waals surface area contributed by atoms with Gasteiger partial charge in [-0.05, 0) is 49.2 Å². The quantitative estimate of drug-likeness (QED) is 0.761. The van der Waals surface area contributed by atoms with Crippen molar-refractivity contribution in [2.45, 2.75) is 31.7 Å². The van der Waals surface area contributed by atoms with E-state index in [0.29, 0.717) is 11.3 Å². The highest BCUT2D eigenvalue weighted by Crippen LogP contribution is 2.25. The molecule has 1 saturated carbocycles. The number of rotatable bonds is 4. The monoisotopic (exact) mass is 349 g/mol. The first-order valence-electron chi connectivity index (χ1n) is 8.92. The molecule has 0 spiro atoms. The third-order valence-electron chi connectivity index (χ3n) is 4.79. The van der Waals surface area contributed by atoms with Crippen molar-refractivity contribution in [2.75, 3.05) is 0 Å². The second kappa shape index (κ2) is 7.12. The molecular weight excluding hydrogens is 329 g/mol. The van der Waals surface area contributed by atoms with Crippen LogP contribution in [0.4, 0.5) is 4.39 Å². The molecule has 1 amide bonds. The zero-order valence-corrected chi connectivity index (χ0v) is 14.4. The fourth-order valence-electron chi connectivity index (χ4n) is 3.41. The van der Waals surface area contributed by atoms with Crippen molar-refractivity contribution in [3.63, 3.8) is 0 Å². The van der Waals surface area contributed by atoms with Gasteiger partial charge in [0.15, 0.2) is 0 Å². The molecule has 1 aliphatic carbocycles. The molecule has 0 unspecified atom stereocenters. The normalized spacial score (nSPS) is 14.5. The molecule has 132 valence electrons. The maximum absolute atomic E-state index is 13.3. The van der Waals surface area contributed by atoms with Gasteiger partial charge in [-0.1, -0.05) is 31.0 Å². The van der Waals surface area contributed by atoms with Crippen LogP contribution in [0.1, 0.15) is 36.0 Å². The highest BCUT2D eigenvalue weighted by Gasteiger charge is 2.23. The molecule has 0 aliphatic heterocycles. The summed E-state index contributed by atoms with van der Waals surface area (Å²) < 4.78 is 15.0. The number of para-hydroxylation sites is 1. The van der Waals surface area contributed by atoms with Crippen LogP contribution >= 0.6 is 0 Å². The molecule has 0 bridgehead atoms. The Hall–Kier alpha value is -2.95. The van der Waals surface area contributed by atoms with Gasteiger partial charge in [0.05, 0.1) is 11.3 Å². The van der Waals surface area contributed by atoms with E-state index in [1.807, 2.05) is 30.3 Å². The SMILES string of the molecule is O=C(NC1CCCC1)c1cn(-c2ccccc2)nc1-c1ccc(F)cc1. The molecule has 4 rings (SSSR count). The lowest BCUT2D eigenvalue weighted by Gasteiger charge is -2.11. The third kappa shape index (κ3) is 3.38. The number of hydrogen-bond donors (Lipinski definition) is 1. The van der Waals surface area contributed by atoms with Crippen LogP contribution in [0, 0.1) is 5.82 Å². The van der Waals surface area contributed by atoms with Gasteiger partial charge in [0.2, 0.25) is 0 Å². The number of carbonyl (C=O) groups excluding carboxylic acids is 1. The molecule has 0 radical (unpaired) electrons. The highest BCUT2D eigenvalue weighted by atomic mass is 19.1. The molecule has 26 heavy (non-hydrogen) atoms. The second-order valence-electron chi connectivity index (χ2n) is 6.63. The summed E-state index contributed by atoms with van der Waals surface area (Å²) in [6.45, 7) is 0. The van der Waals surface area contributed by atoms with E-state index < -0.39 is 0 Å². The van der Waals surface area contributed by atoms with Crippen LogP contribution in [0.5, 0.6) is 0 Å². The van der Waals surface area contributed by atoms with E-state index >= 15 is 0 Å². The van der Waals surface area contributed by atoms with Crippen molar-refractivity contribution < 1.29 is 9.18 Å². The first kappa shape index (κ1) is 16.5. The fraction of sp³-hybridized carbons (Fsp3) is 0.238. The van der Waals surface area contributed by atoms with Crippen LogP contribution in [-0.4, -0.2) is 21.7 Å². The Morgan fingerprint density at radius 2 is 1.73 bits per heavy atom. The largest absolute Gasteiger partial charge is 0.349 e. The summed E-state index contributed by atoms with van der Waals surface area (Å²) in [7, 11) is 0. The summed E-state index contributed by atoms with van der Waals surface area (Å²) >= 11 is 0. The van der Waals surface area contributed by atoms with Crippen LogP contribution in [0.25, 0.3) is 16.9 Å². The van der Waals surface area contributed by atoms with E-state index in [1.54, 1.807) is 23.0 Å². The molecule has 1 aliphatic rings. The molecule has 2 aromatic carbocycles. The maximum atomic E-state index is 13.3. The van der Waals surface area contributed by atoms with Gasteiger partial charge in [-0.15, -0.1) is 0 Å². The number of aromatic nitrogens is 2. The van der Waals surface area contributed by atoms with Gasteiger partial charge in [0.25, 0.3) is 5.91 Å². The summed E-state index contributed by atoms with van der Waals surface area (Å²) in [5, 5.41) is 7.72. The van der Waals surface area contributed by atoms with Crippen molar-refractivity contribution in [3.8, 4) is 16.9 Å². The Balaban J connectivity index is 1.73. The van der Waals surface area contributed by atoms with Gasteiger partial charge in [-0.2, -0.15) is 5.10 Å². The summed E-state index contributed by atoms with van der Waals surface area (Å²) in [5.74, 6) is -0.438. The van der Waals surface area contributed by atoms with Crippen LogP contribution in [-0.2, 0) is 0 Å². The number of nitrogens with one attached hydrogen (secondary N) is 1. The van der Waals surface area contributed by atoms with Crippen LogP contribution in [0.2, 0.25) is 0 Å². The van der Waals surface area contributed by atoms with E-state index in [-0.39, 0.29) is 17.8 Å². The molecule has 4 nitrogen and oxygen atoms in total. The Labute approximate surface area is 151 Å². The standard InChI is InChI=1S/C21H20FN3O/c22-16-12-10-15(11-13-16)20-19(21(26)23-17-6-4-5-7-17)14-25(24-20)18-8-2-1-3-9-18/h1-3,8-14,17H,4-7H2,(H,23,26). The third-order valence-corrected chi connectivity index (χ3v) is 4.79. The van der Waals surface area contributed by atoms with Crippen molar-refractivity contribution in [1.29, 1.82) is 0 Å². The van der Waals surface area contributed by atoms with Gasteiger partial charge < -0.3 is 5.32 Å². The highest BCUT2D eigenvalue weighted by molar-refractivity contribution is 6.00. The van der Waals surface area contributed by atoms with E-state index in [9.17, 15) is 9.18 Å². The fourth-order valence-corrected chi connectivity index (χ4v) is 3.41. The Morgan fingerprint density at radius 1 is 1.04 bits per heavy atom. The van der Waals surface area contributed by atoms with E-state index in [2.05, 4.69) is 10.4 Å².